The van der Waals surface area contributed by atoms with Crippen LogP contribution in [0.1, 0.15) is 32.3 Å². The van der Waals surface area contributed by atoms with Crippen molar-refractivity contribution < 1.29 is 19.8 Å². The lowest BCUT2D eigenvalue weighted by Gasteiger charge is -2.22. The minimum absolute atomic E-state index is 0.263. The van der Waals surface area contributed by atoms with Gasteiger partial charge in [0.2, 0.25) is 0 Å². The number of fused-ring (bicyclic) bond motifs is 1. The normalized spacial score (nSPS) is 13.1. The van der Waals surface area contributed by atoms with E-state index in [2.05, 4.69) is 5.32 Å². The molecule has 0 saturated heterocycles. The van der Waals surface area contributed by atoms with E-state index in [1.807, 2.05) is 42.1 Å². The largest absolute Gasteiger partial charge is 0.481 e. The molecule has 24 heavy (non-hydrogen) atoms. The Kier molecular flexibility index (Phi) is 5.29. The van der Waals surface area contributed by atoms with Gasteiger partial charge in [0, 0.05) is 30.7 Å². The maximum Gasteiger partial charge on any atom is 0.320 e. The zero-order valence-electron chi connectivity index (χ0n) is 14.2. The van der Waals surface area contributed by atoms with Gasteiger partial charge in [-0.05, 0) is 44.4 Å². The Bertz CT molecular complexity index is 749. The average molecular weight is 332 g/mol. The fraction of sp³-hybridized carbons (Fsp3) is 0.444. The Hall–Kier alpha value is -2.34. The summed E-state index contributed by atoms with van der Waals surface area (Å²) in [6.07, 6.45) is 2.53. The van der Waals surface area contributed by atoms with Gasteiger partial charge in [0.1, 0.15) is 6.04 Å². The molecule has 0 saturated carbocycles. The minimum Gasteiger partial charge on any atom is -0.481 e. The smallest absolute Gasteiger partial charge is 0.320 e. The van der Waals surface area contributed by atoms with Crippen LogP contribution in [0.3, 0.4) is 0 Å². The Morgan fingerprint density at radius 3 is 2.58 bits per heavy atom. The van der Waals surface area contributed by atoms with Crippen LogP contribution in [0.15, 0.2) is 30.5 Å². The Morgan fingerprint density at radius 2 is 1.96 bits per heavy atom. The number of carbonyl (C=O) groups is 2. The SMILES string of the molecule is Cn1ccc2c(CNC(CCC(C)(C)C(=O)O)C(=O)O)cccc21. The van der Waals surface area contributed by atoms with Crippen molar-refractivity contribution in [3.8, 4) is 0 Å². The fourth-order valence-electron chi connectivity index (χ4n) is 2.68. The molecule has 1 aromatic heterocycles. The van der Waals surface area contributed by atoms with Crippen LogP contribution >= 0.6 is 0 Å². The molecule has 0 bridgehead atoms. The van der Waals surface area contributed by atoms with E-state index in [9.17, 15) is 14.7 Å². The van der Waals surface area contributed by atoms with Crippen molar-refractivity contribution in [2.24, 2.45) is 12.5 Å². The molecule has 0 amide bonds. The lowest BCUT2D eigenvalue weighted by atomic mass is 9.86. The number of nitrogens with zero attached hydrogens (tertiary/aromatic N) is 1. The van der Waals surface area contributed by atoms with Crippen molar-refractivity contribution in [3.05, 3.63) is 36.0 Å². The monoisotopic (exact) mass is 332 g/mol. The number of rotatable bonds is 8. The van der Waals surface area contributed by atoms with Crippen LogP contribution in [-0.2, 0) is 23.2 Å². The first kappa shape index (κ1) is 18.0. The molecule has 1 aromatic carbocycles. The summed E-state index contributed by atoms with van der Waals surface area (Å²) in [6.45, 7) is 3.64. The van der Waals surface area contributed by atoms with Gasteiger partial charge in [-0.2, -0.15) is 0 Å². The summed E-state index contributed by atoms with van der Waals surface area (Å²) in [7, 11) is 1.97. The highest BCUT2D eigenvalue weighted by Crippen LogP contribution is 2.24. The molecule has 6 nitrogen and oxygen atoms in total. The lowest BCUT2D eigenvalue weighted by molar-refractivity contribution is -0.148. The molecule has 0 aliphatic rings. The lowest BCUT2D eigenvalue weighted by Crippen LogP contribution is -2.38. The van der Waals surface area contributed by atoms with Gasteiger partial charge in [-0.25, -0.2) is 0 Å². The number of nitrogens with one attached hydrogen (secondary N) is 1. The third-order valence-electron chi connectivity index (χ3n) is 4.49. The first-order valence-electron chi connectivity index (χ1n) is 7.95. The maximum atomic E-state index is 11.5. The predicted molar refractivity (Wildman–Crippen MR) is 91.8 cm³/mol. The average Bonchev–Trinajstić information content (AvgIpc) is 2.89. The van der Waals surface area contributed by atoms with Gasteiger partial charge in [-0.15, -0.1) is 0 Å². The topological polar surface area (TPSA) is 91.6 Å². The number of aryl methyl sites for hydroxylation is 1. The molecule has 2 aromatic rings. The van der Waals surface area contributed by atoms with E-state index < -0.39 is 23.4 Å². The predicted octanol–water partition coefficient (Wildman–Crippen LogP) is 2.61. The Labute approximate surface area is 141 Å². The number of benzene rings is 1. The standard InChI is InChI=1S/C18H24N2O4/c1-18(2,17(23)24)9-7-14(16(21)22)19-11-12-5-4-6-15-13(12)8-10-20(15)3/h4-6,8,10,14,19H,7,9,11H2,1-3H3,(H,21,22)(H,23,24). The van der Waals surface area contributed by atoms with E-state index in [1.54, 1.807) is 13.8 Å². The summed E-state index contributed by atoms with van der Waals surface area (Å²) in [5, 5.41) is 22.7. The molecule has 2 rings (SSSR count). The van der Waals surface area contributed by atoms with Gasteiger partial charge in [0.25, 0.3) is 0 Å². The first-order valence-corrected chi connectivity index (χ1v) is 7.95. The van der Waals surface area contributed by atoms with Gasteiger partial charge in [0.05, 0.1) is 5.41 Å². The fourth-order valence-corrected chi connectivity index (χ4v) is 2.68. The third-order valence-corrected chi connectivity index (χ3v) is 4.49. The summed E-state index contributed by atoms with van der Waals surface area (Å²) >= 11 is 0. The minimum atomic E-state index is -0.962. The second-order valence-electron chi connectivity index (χ2n) is 6.78. The highest BCUT2D eigenvalue weighted by molar-refractivity contribution is 5.83. The number of aliphatic carboxylic acids is 2. The third kappa shape index (κ3) is 3.94. The van der Waals surface area contributed by atoms with Gasteiger partial charge < -0.3 is 20.1 Å². The van der Waals surface area contributed by atoms with Crippen LogP contribution in [0.4, 0.5) is 0 Å². The number of aromatic nitrogens is 1. The number of hydrogen-bond acceptors (Lipinski definition) is 3. The molecule has 0 aliphatic carbocycles. The molecule has 0 fully saturated rings. The zero-order chi connectivity index (χ0) is 17.9. The quantitative estimate of drug-likeness (QED) is 0.691. The number of carboxylic acid groups (broad SMARTS) is 2. The van der Waals surface area contributed by atoms with Crippen LogP contribution in [0, 0.1) is 5.41 Å². The van der Waals surface area contributed by atoms with Crippen molar-refractivity contribution in [3.63, 3.8) is 0 Å². The van der Waals surface area contributed by atoms with E-state index in [1.165, 1.54) is 0 Å². The van der Waals surface area contributed by atoms with Gasteiger partial charge in [-0.1, -0.05) is 12.1 Å². The van der Waals surface area contributed by atoms with Crippen LogP contribution in [0.2, 0.25) is 0 Å². The molecule has 1 heterocycles. The van der Waals surface area contributed by atoms with Crippen LogP contribution < -0.4 is 5.32 Å². The van der Waals surface area contributed by atoms with E-state index in [-0.39, 0.29) is 6.42 Å². The molecular weight excluding hydrogens is 308 g/mol. The van der Waals surface area contributed by atoms with Crippen molar-refractivity contribution in [2.75, 3.05) is 0 Å². The molecule has 0 aliphatic heterocycles. The van der Waals surface area contributed by atoms with Crippen LogP contribution in [0.5, 0.6) is 0 Å². The van der Waals surface area contributed by atoms with Gasteiger partial charge in [-0.3, -0.25) is 9.59 Å². The number of hydrogen-bond donors (Lipinski definition) is 3. The van der Waals surface area contributed by atoms with Crippen LogP contribution in [-0.4, -0.2) is 32.8 Å². The second-order valence-corrected chi connectivity index (χ2v) is 6.78. The number of carboxylic acids is 2. The molecule has 6 heteroatoms. The van der Waals surface area contributed by atoms with E-state index in [4.69, 9.17) is 5.11 Å². The molecule has 3 N–H and O–H groups in total. The highest BCUT2D eigenvalue weighted by Gasteiger charge is 2.29. The summed E-state index contributed by atoms with van der Waals surface area (Å²) < 4.78 is 2.02. The molecule has 130 valence electrons. The molecule has 0 radical (unpaired) electrons. The molecular formula is C18H24N2O4. The summed E-state index contributed by atoms with van der Waals surface area (Å²) in [5.41, 5.74) is 1.18. The molecule has 0 spiro atoms. The summed E-state index contributed by atoms with van der Waals surface area (Å²) in [5.74, 6) is -1.88. The van der Waals surface area contributed by atoms with Gasteiger partial charge in [0.15, 0.2) is 0 Å². The van der Waals surface area contributed by atoms with Gasteiger partial charge >= 0.3 is 11.9 Å². The summed E-state index contributed by atoms with van der Waals surface area (Å²) in [6, 6.07) is 7.17. The highest BCUT2D eigenvalue weighted by atomic mass is 16.4. The first-order chi connectivity index (χ1) is 11.2. The molecule has 1 atom stereocenters. The molecule has 1 unspecified atom stereocenters. The Balaban J connectivity index is 2.06. The Morgan fingerprint density at radius 1 is 1.25 bits per heavy atom. The van der Waals surface area contributed by atoms with Crippen molar-refractivity contribution in [1.82, 2.24) is 9.88 Å². The van der Waals surface area contributed by atoms with Crippen molar-refractivity contribution in [2.45, 2.75) is 39.3 Å². The summed E-state index contributed by atoms with van der Waals surface area (Å²) in [4.78, 5) is 22.6. The van der Waals surface area contributed by atoms with Crippen molar-refractivity contribution >= 4 is 22.8 Å². The van der Waals surface area contributed by atoms with E-state index in [0.29, 0.717) is 13.0 Å². The maximum absolute atomic E-state index is 11.5. The van der Waals surface area contributed by atoms with Crippen LogP contribution in [0.25, 0.3) is 10.9 Å². The zero-order valence-corrected chi connectivity index (χ0v) is 14.2. The van der Waals surface area contributed by atoms with Crippen molar-refractivity contribution in [1.29, 1.82) is 0 Å². The van der Waals surface area contributed by atoms with E-state index in [0.717, 1.165) is 16.5 Å². The van der Waals surface area contributed by atoms with E-state index >= 15 is 0 Å². The second kappa shape index (κ2) is 7.05.